The van der Waals surface area contributed by atoms with Crippen molar-refractivity contribution >= 4 is 35.8 Å². The number of primary amides is 1. The molecule has 0 aliphatic carbocycles. The van der Waals surface area contributed by atoms with Gasteiger partial charge >= 0.3 is 0 Å². The number of ether oxygens (including phenoxy) is 1. The molecule has 2 rings (SSSR count). The molecular weight excluding hydrogens is 455 g/mol. The summed E-state index contributed by atoms with van der Waals surface area (Å²) in [4.78, 5) is 15.8. The Morgan fingerprint density at radius 2 is 1.93 bits per heavy atom. The predicted molar refractivity (Wildman–Crippen MR) is 120 cm³/mol. The number of methoxy groups -OCH3 is 1. The van der Waals surface area contributed by atoms with Crippen molar-refractivity contribution in [2.75, 3.05) is 20.2 Å². The van der Waals surface area contributed by atoms with Gasteiger partial charge in [0.1, 0.15) is 5.75 Å². The molecule has 0 spiro atoms. The molecule has 1 amide bonds. The van der Waals surface area contributed by atoms with Gasteiger partial charge in [0, 0.05) is 18.7 Å². The van der Waals surface area contributed by atoms with Crippen LogP contribution in [0.25, 0.3) is 0 Å². The fourth-order valence-corrected chi connectivity index (χ4v) is 2.56. The number of hydrogen-bond acceptors (Lipinski definition) is 3. The van der Waals surface area contributed by atoms with Gasteiger partial charge in [-0.3, -0.25) is 4.79 Å². The summed E-state index contributed by atoms with van der Waals surface area (Å²) in [6.07, 6.45) is 0.825. The number of amides is 1. The summed E-state index contributed by atoms with van der Waals surface area (Å²) >= 11 is 0. The van der Waals surface area contributed by atoms with Gasteiger partial charge in [0.25, 0.3) is 0 Å². The van der Waals surface area contributed by atoms with Crippen LogP contribution in [0, 0.1) is 0 Å². The molecule has 0 aromatic heterocycles. The fraction of sp³-hybridized carbons (Fsp3) is 0.300. The number of carbonyl (C=O) groups excluding carboxylic acids is 1. The highest BCUT2D eigenvalue weighted by molar-refractivity contribution is 14.0. The average Bonchev–Trinajstić information content (AvgIpc) is 2.66. The number of aliphatic imine (C=N–C) groups is 1. The van der Waals surface area contributed by atoms with E-state index >= 15 is 0 Å². The lowest BCUT2D eigenvalue weighted by Crippen LogP contribution is -2.38. The number of guanidine groups is 1. The van der Waals surface area contributed by atoms with E-state index in [-0.39, 0.29) is 24.0 Å². The minimum atomic E-state index is -0.433. The van der Waals surface area contributed by atoms with Gasteiger partial charge in [-0.1, -0.05) is 30.3 Å². The summed E-state index contributed by atoms with van der Waals surface area (Å²) in [7, 11) is 1.68. The lowest BCUT2D eigenvalue weighted by Gasteiger charge is -2.13. The van der Waals surface area contributed by atoms with Crippen molar-refractivity contribution in [1.82, 2.24) is 10.6 Å². The Labute approximate surface area is 177 Å². The molecule has 0 unspecified atom stereocenters. The standard InChI is InChI=1S/C20H26N4O2.HI/c1-3-22-20(23-12-11-16-8-4-5-10-18(16)26-2)24-14-15-7-6-9-17(13-15)19(21)25;/h4-10,13H,3,11-12,14H2,1-2H3,(H2,21,25)(H2,22,23,24);1H. The number of hydrogen-bond donors (Lipinski definition) is 3. The first-order chi connectivity index (χ1) is 12.6. The van der Waals surface area contributed by atoms with E-state index in [0.717, 1.165) is 42.3 Å². The summed E-state index contributed by atoms with van der Waals surface area (Å²) < 4.78 is 5.37. The maximum atomic E-state index is 11.3. The van der Waals surface area contributed by atoms with E-state index in [9.17, 15) is 4.79 Å². The molecule has 0 bridgehead atoms. The van der Waals surface area contributed by atoms with Crippen molar-refractivity contribution in [1.29, 1.82) is 0 Å². The molecule has 27 heavy (non-hydrogen) atoms. The molecule has 2 aromatic rings. The second-order valence-electron chi connectivity index (χ2n) is 5.75. The smallest absolute Gasteiger partial charge is 0.248 e. The van der Waals surface area contributed by atoms with E-state index in [0.29, 0.717) is 12.1 Å². The van der Waals surface area contributed by atoms with Gasteiger partial charge in [0.2, 0.25) is 5.91 Å². The Morgan fingerprint density at radius 1 is 1.15 bits per heavy atom. The molecular formula is C20H27IN4O2. The number of benzene rings is 2. The van der Waals surface area contributed by atoms with Gasteiger partial charge in [-0.25, -0.2) is 4.99 Å². The van der Waals surface area contributed by atoms with Crippen LogP contribution >= 0.6 is 24.0 Å². The van der Waals surface area contributed by atoms with Gasteiger partial charge < -0.3 is 21.1 Å². The Balaban J connectivity index is 0.00000364. The number of nitrogens with two attached hydrogens (primary N) is 1. The van der Waals surface area contributed by atoms with Crippen molar-refractivity contribution in [3.8, 4) is 5.75 Å². The van der Waals surface area contributed by atoms with Crippen LogP contribution < -0.4 is 21.1 Å². The Morgan fingerprint density at radius 3 is 2.63 bits per heavy atom. The van der Waals surface area contributed by atoms with Crippen molar-refractivity contribution in [2.45, 2.75) is 19.9 Å². The lowest BCUT2D eigenvalue weighted by molar-refractivity contribution is 0.1000. The quantitative estimate of drug-likeness (QED) is 0.307. The van der Waals surface area contributed by atoms with Gasteiger partial charge in [-0.2, -0.15) is 0 Å². The van der Waals surface area contributed by atoms with E-state index in [1.54, 1.807) is 19.2 Å². The molecule has 146 valence electrons. The van der Waals surface area contributed by atoms with Crippen LogP contribution in [0.4, 0.5) is 0 Å². The molecule has 0 atom stereocenters. The summed E-state index contributed by atoms with van der Waals surface area (Å²) in [6.45, 7) is 3.98. The number of halogens is 1. The summed E-state index contributed by atoms with van der Waals surface area (Å²) in [5, 5.41) is 6.54. The van der Waals surface area contributed by atoms with Crippen LogP contribution in [0.1, 0.15) is 28.4 Å². The molecule has 0 heterocycles. The Kier molecular flexibility index (Phi) is 10.2. The topological polar surface area (TPSA) is 88.7 Å². The van der Waals surface area contributed by atoms with Crippen molar-refractivity contribution in [3.63, 3.8) is 0 Å². The molecule has 0 radical (unpaired) electrons. The maximum Gasteiger partial charge on any atom is 0.248 e. The molecule has 2 aromatic carbocycles. The molecule has 0 fully saturated rings. The predicted octanol–water partition coefficient (Wildman–Crippen LogP) is 2.71. The highest BCUT2D eigenvalue weighted by Crippen LogP contribution is 2.17. The third-order valence-electron chi connectivity index (χ3n) is 3.85. The van der Waals surface area contributed by atoms with Crippen molar-refractivity contribution in [2.24, 2.45) is 10.7 Å². The maximum absolute atomic E-state index is 11.3. The number of para-hydroxylation sites is 1. The van der Waals surface area contributed by atoms with Gasteiger partial charge in [-0.05, 0) is 42.7 Å². The van der Waals surface area contributed by atoms with E-state index in [2.05, 4.69) is 21.7 Å². The average molecular weight is 482 g/mol. The highest BCUT2D eigenvalue weighted by Gasteiger charge is 2.04. The molecule has 0 aliphatic rings. The van der Waals surface area contributed by atoms with E-state index < -0.39 is 5.91 Å². The number of nitrogens with zero attached hydrogens (tertiary/aromatic N) is 1. The third kappa shape index (κ3) is 7.46. The van der Waals surface area contributed by atoms with E-state index in [1.165, 1.54) is 0 Å². The number of nitrogens with one attached hydrogen (secondary N) is 2. The monoisotopic (exact) mass is 482 g/mol. The van der Waals surface area contributed by atoms with Crippen molar-refractivity contribution in [3.05, 3.63) is 65.2 Å². The Bertz CT molecular complexity index is 765. The van der Waals surface area contributed by atoms with Crippen LogP contribution in [0.15, 0.2) is 53.5 Å². The summed E-state index contributed by atoms with van der Waals surface area (Å²) in [6, 6.07) is 15.2. The largest absolute Gasteiger partial charge is 0.496 e. The second-order valence-corrected chi connectivity index (χ2v) is 5.75. The number of rotatable bonds is 8. The minimum Gasteiger partial charge on any atom is -0.496 e. The first-order valence-electron chi connectivity index (χ1n) is 8.67. The van der Waals surface area contributed by atoms with Crippen LogP contribution in [0.3, 0.4) is 0 Å². The third-order valence-corrected chi connectivity index (χ3v) is 3.85. The zero-order chi connectivity index (χ0) is 18.8. The summed E-state index contributed by atoms with van der Waals surface area (Å²) in [5.74, 6) is 1.18. The van der Waals surface area contributed by atoms with Gasteiger partial charge in [-0.15, -0.1) is 24.0 Å². The normalized spacial score (nSPS) is 10.7. The first kappa shape index (κ1) is 22.8. The zero-order valence-corrected chi connectivity index (χ0v) is 18.0. The summed E-state index contributed by atoms with van der Waals surface area (Å²) in [5.41, 5.74) is 7.89. The van der Waals surface area contributed by atoms with Crippen LogP contribution in [-0.4, -0.2) is 32.1 Å². The van der Waals surface area contributed by atoms with E-state index in [4.69, 9.17) is 10.5 Å². The first-order valence-corrected chi connectivity index (χ1v) is 8.67. The van der Waals surface area contributed by atoms with Crippen LogP contribution in [-0.2, 0) is 13.0 Å². The molecule has 6 nitrogen and oxygen atoms in total. The zero-order valence-electron chi connectivity index (χ0n) is 15.7. The SMILES string of the molecule is CCNC(=NCc1cccc(C(N)=O)c1)NCCc1ccccc1OC.I. The molecule has 0 saturated heterocycles. The number of carbonyl (C=O) groups is 1. The van der Waals surface area contributed by atoms with Crippen LogP contribution in [0.2, 0.25) is 0 Å². The highest BCUT2D eigenvalue weighted by atomic mass is 127. The minimum absolute atomic E-state index is 0. The Hall–Kier alpha value is -2.29. The second kappa shape index (κ2) is 12.2. The molecule has 0 aliphatic heterocycles. The lowest BCUT2D eigenvalue weighted by atomic mass is 10.1. The molecule has 4 N–H and O–H groups in total. The van der Waals surface area contributed by atoms with Gasteiger partial charge in [0.15, 0.2) is 5.96 Å². The molecule has 7 heteroatoms. The van der Waals surface area contributed by atoms with Crippen LogP contribution in [0.5, 0.6) is 5.75 Å². The van der Waals surface area contributed by atoms with E-state index in [1.807, 2.05) is 37.3 Å². The molecule has 0 saturated carbocycles. The fourth-order valence-electron chi connectivity index (χ4n) is 2.56. The van der Waals surface area contributed by atoms with Crippen molar-refractivity contribution < 1.29 is 9.53 Å². The van der Waals surface area contributed by atoms with Gasteiger partial charge in [0.05, 0.1) is 13.7 Å².